The minimum Gasteiger partial charge on any atom is -0.393 e. The van der Waals surface area contributed by atoms with E-state index in [-0.39, 0.29) is 6.10 Å². The number of nitrogens with one attached hydrogen (secondary N) is 2. The molecule has 1 saturated heterocycles. The van der Waals surface area contributed by atoms with Crippen LogP contribution in [-0.2, 0) is 0 Å². The largest absolute Gasteiger partial charge is 0.393 e. The maximum absolute atomic E-state index is 9.62. The molecule has 1 heterocycles. The first-order valence-electron chi connectivity index (χ1n) is 11.4. The van der Waals surface area contributed by atoms with Crippen LogP contribution in [0.25, 0.3) is 0 Å². The Hall–Kier alpha value is -1.63. The van der Waals surface area contributed by atoms with Crippen LogP contribution in [0.1, 0.15) is 51.6 Å². The second kappa shape index (κ2) is 13.6. The number of hydrogen-bond donors (Lipinski definition) is 3. The van der Waals surface area contributed by atoms with Crippen LogP contribution in [0.4, 0.5) is 0 Å². The molecule has 1 unspecified atom stereocenters. The van der Waals surface area contributed by atoms with Gasteiger partial charge in [-0.3, -0.25) is 9.89 Å². The molecule has 2 rings (SSSR count). The lowest BCUT2D eigenvalue weighted by Crippen LogP contribution is -2.41. The second-order valence-corrected chi connectivity index (χ2v) is 7.72. The van der Waals surface area contributed by atoms with Gasteiger partial charge in [0.25, 0.3) is 0 Å². The van der Waals surface area contributed by atoms with Gasteiger partial charge in [-0.2, -0.15) is 0 Å². The maximum Gasteiger partial charge on any atom is 0.191 e. The van der Waals surface area contributed by atoms with E-state index in [9.17, 15) is 5.11 Å². The van der Waals surface area contributed by atoms with Gasteiger partial charge in [-0.1, -0.05) is 44.2 Å². The second-order valence-electron chi connectivity index (χ2n) is 7.72. The molecule has 1 fully saturated rings. The lowest BCUT2D eigenvalue weighted by atomic mass is 10.1. The number of rotatable bonds is 11. The van der Waals surface area contributed by atoms with Crippen LogP contribution in [-0.4, -0.2) is 79.3 Å². The molecule has 0 bridgehead atoms. The van der Waals surface area contributed by atoms with Crippen molar-refractivity contribution in [2.75, 3.05) is 52.4 Å². The number of likely N-dealkylation sites (N-methyl/N-ethyl adjacent to an activating group) is 1. The van der Waals surface area contributed by atoms with Gasteiger partial charge in [0.2, 0.25) is 0 Å². The number of piperidine rings is 1. The van der Waals surface area contributed by atoms with Gasteiger partial charge in [0.1, 0.15) is 0 Å². The summed E-state index contributed by atoms with van der Waals surface area (Å²) in [5.41, 5.74) is 1.32. The Balaban J connectivity index is 1.88. The number of aliphatic imine (C=N–C) groups is 1. The van der Waals surface area contributed by atoms with Crippen molar-refractivity contribution in [2.24, 2.45) is 4.99 Å². The molecule has 1 aromatic carbocycles. The number of nitrogens with zero attached hydrogens (tertiary/aromatic N) is 3. The normalized spacial score (nSPS) is 17.5. The van der Waals surface area contributed by atoms with Gasteiger partial charge in [0.15, 0.2) is 5.96 Å². The Morgan fingerprint density at radius 1 is 1.14 bits per heavy atom. The zero-order chi connectivity index (χ0) is 20.9. The Labute approximate surface area is 177 Å². The van der Waals surface area contributed by atoms with Gasteiger partial charge in [0.05, 0.1) is 18.7 Å². The number of benzene rings is 1. The predicted molar refractivity (Wildman–Crippen MR) is 122 cm³/mol. The van der Waals surface area contributed by atoms with Crippen molar-refractivity contribution in [3.8, 4) is 0 Å². The zero-order valence-electron chi connectivity index (χ0n) is 18.6. The van der Waals surface area contributed by atoms with Crippen LogP contribution in [0.5, 0.6) is 0 Å². The van der Waals surface area contributed by atoms with E-state index in [4.69, 9.17) is 4.99 Å². The Morgan fingerprint density at radius 2 is 1.83 bits per heavy atom. The Bertz CT molecular complexity index is 568. The quantitative estimate of drug-likeness (QED) is 0.301. The number of hydrogen-bond acceptors (Lipinski definition) is 4. The maximum atomic E-state index is 9.62. The number of guanidine groups is 1. The molecule has 0 aliphatic carbocycles. The standard InChI is InChI=1S/C23H41N5O/c1-4-24-23(25-15-10-16-27-17-13-21(29)14-18-27)26-19-22(28(5-2)6-3)20-11-8-7-9-12-20/h7-9,11-12,21-22,29H,4-6,10,13-19H2,1-3H3,(H2,24,25,26). The summed E-state index contributed by atoms with van der Waals surface area (Å²) >= 11 is 0. The van der Waals surface area contributed by atoms with E-state index in [1.54, 1.807) is 0 Å². The number of aliphatic hydroxyl groups is 1. The molecular weight excluding hydrogens is 362 g/mol. The summed E-state index contributed by atoms with van der Waals surface area (Å²) in [6.45, 7) is 14.2. The van der Waals surface area contributed by atoms with Crippen LogP contribution < -0.4 is 10.6 Å². The molecular formula is C23H41N5O. The van der Waals surface area contributed by atoms with Crippen LogP contribution in [0.2, 0.25) is 0 Å². The zero-order valence-corrected chi connectivity index (χ0v) is 18.6. The van der Waals surface area contributed by atoms with E-state index in [1.807, 2.05) is 0 Å². The number of likely N-dealkylation sites (tertiary alicyclic amines) is 1. The lowest BCUT2D eigenvalue weighted by molar-refractivity contribution is 0.0823. The SMILES string of the molecule is CCNC(=NCC(c1ccccc1)N(CC)CC)NCCCN1CCC(O)CC1. The van der Waals surface area contributed by atoms with Crippen LogP contribution in [0, 0.1) is 0 Å². The molecule has 0 saturated carbocycles. The predicted octanol–water partition coefficient (Wildman–Crippen LogP) is 2.47. The molecule has 1 aromatic rings. The van der Waals surface area contributed by atoms with Crippen molar-refractivity contribution in [1.29, 1.82) is 0 Å². The highest BCUT2D eigenvalue weighted by atomic mass is 16.3. The minimum atomic E-state index is -0.0970. The van der Waals surface area contributed by atoms with E-state index in [1.165, 1.54) is 5.56 Å². The van der Waals surface area contributed by atoms with E-state index < -0.39 is 0 Å². The Morgan fingerprint density at radius 3 is 2.45 bits per heavy atom. The third kappa shape index (κ3) is 8.33. The van der Waals surface area contributed by atoms with Gasteiger partial charge in [-0.25, -0.2) is 0 Å². The highest BCUT2D eigenvalue weighted by molar-refractivity contribution is 5.79. The van der Waals surface area contributed by atoms with E-state index >= 15 is 0 Å². The van der Waals surface area contributed by atoms with Gasteiger partial charge in [-0.05, 0) is 51.4 Å². The molecule has 0 radical (unpaired) electrons. The summed E-state index contributed by atoms with van der Waals surface area (Å²) in [4.78, 5) is 9.82. The monoisotopic (exact) mass is 403 g/mol. The highest BCUT2D eigenvalue weighted by Gasteiger charge is 2.18. The molecule has 3 N–H and O–H groups in total. The molecule has 0 aromatic heterocycles. The van der Waals surface area contributed by atoms with Crippen LogP contribution in [0.15, 0.2) is 35.3 Å². The van der Waals surface area contributed by atoms with Crippen molar-refractivity contribution < 1.29 is 5.11 Å². The van der Waals surface area contributed by atoms with Gasteiger partial charge >= 0.3 is 0 Å². The van der Waals surface area contributed by atoms with Crippen LogP contribution >= 0.6 is 0 Å². The topological polar surface area (TPSA) is 63.1 Å². The molecule has 1 atom stereocenters. The first-order chi connectivity index (χ1) is 14.2. The molecule has 0 amide bonds. The van der Waals surface area contributed by atoms with Crippen LogP contribution in [0.3, 0.4) is 0 Å². The molecule has 0 spiro atoms. The van der Waals surface area contributed by atoms with Gasteiger partial charge in [0, 0.05) is 26.2 Å². The average molecular weight is 404 g/mol. The van der Waals surface area contributed by atoms with Gasteiger partial charge in [-0.15, -0.1) is 0 Å². The molecule has 1 aliphatic heterocycles. The fourth-order valence-corrected chi connectivity index (χ4v) is 3.94. The summed E-state index contributed by atoms with van der Waals surface area (Å²) in [5.74, 6) is 0.898. The van der Waals surface area contributed by atoms with Crippen molar-refractivity contribution in [2.45, 2.75) is 52.2 Å². The molecule has 6 nitrogen and oxygen atoms in total. The highest BCUT2D eigenvalue weighted by Crippen LogP contribution is 2.20. The fraction of sp³-hybridized carbons (Fsp3) is 0.696. The van der Waals surface area contributed by atoms with E-state index in [0.717, 1.165) is 77.6 Å². The Kier molecular flexibility index (Phi) is 11.1. The summed E-state index contributed by atoms with van der Waals surface area (Å²) in [7, 11) is 0. The molecule has 29 heavy (non-hydrogen) atoms. The summed E-state index contributed by atoms with van der Waals surface area (Å²) in [5, 5.41) is 16.5. The van der Waals surface area contributed by atoms with Crippen molar-refractivity contribution >= 4 is 5.96 Å². The van der Waals surface area contributed by atoms with Crippen molar-refractivity contribution in [1.82, 2.24) is 20.4 Å². The molecule has 6 heteroatoms. The van der Waals surface area contributed by atoms with Crippen molar-refractivity contribution in [3.63, 3.8) is 0 Å². The first kappa shape index (κ1) is 23.6. The third-order valence-corrected chi connectivity index (χ3v) is 5.70. The molecule has 164 valence electrons. The lowest BCUT2D eigenvalue weighted by Gasteiger charge is -2.29. The number of aliphatic hydroxyl groups excluding tert-OH is 1. The molecule has 1 aliphatic rings. The fourth-order valence-electron chi connectivity index (χ4n) is 3.94. The van der Waals surface area contributed by atoms with Gasteiger partial charge < -0.3 is 20.6 Å². The average Bonchev–Trinajstić information content (AvgIpc) is 2.75. The van der Waals surface area contributed by atoms with E-state index in [2.05, 4.69) is 71.5 Å². The first-order valence-corrected chi connectivity index (χ1v) is 11.4. The smallest absolute Gasteiger partial charge is 0.191 e. The summed E-state index contributed by atoms with van der Waals surface area (Å²) in [6.07, 6.45) is 2.80. The third-order valence-electron chi connectivity index (χ3n) is 5.70. The summed E-state index contributed by atoms with van der Waals surface area (Å²) < 4.78 is 0. The van der Waals surface area contributed by atoms with E-state index in [0.29, 0.717) is 6.04 Å². The summed E-state index contributed by atoms with van der Waals surface area (Å²) in [6, 6.07) is 11.0. The minimum absolute atomic E-state index is 0.0970. The van der Waals surface area contributed by atoms with Crippen molar-refractivity contribution in [3.05, 3.63) is 35.9 Å².